The van der Waals surface area contributed by atoms with E-state index in [1.165, 1.54) is 18.5 Å². The number of benzene rings is 1. The van der Waals surface area contributed by atoms with Gasteiger partial charge in [0.05, 0.1) is 11.1 Å². The topological polar surface area (TPSA) is 97.1 Å². The minimum absolute atomic E-state index is 0.248. The maximum atomic E-state index is 12.4. The van der Waals surface area contributed by atoms with Gasteiger partial charge in [-0.15, -0.1) is 0 Å². The summed E-state index contributed by atoms with van der Waals surface area (Å²) < 4.78 is 4.89. The van der Waals surface area contributed by atoms with E-state index in [0.29, 0.717) is 17.3 Å². The Kier molecular flexibility index (Phi) is 4.56. The first kappa shape index (κ1) is 16.4. The number of aromatic nitrogens is 2. The Morgan fingerprint density at radius 2 is 1.68 bits per heavy atom. The van der Waals surface area contributed by atoms with Crippen LogP contribution < -0.4 is 10.6 Å². The van der Waals surface area contributed by atoms with Crippen molar-refractivity contribution >= 4 is 23.3 Å². The average molecular weight is 336 g/mol. The van der Waals surface area contributed by atoms with Crippen LogP contribution in [-0.4, -0.2) is 22.0 Å². The molecule has 7 heteroatoms. The molecule has 0 fully saturated rings. The van der Waals surface area contributed by atoms with Crippen LogP contribution in [0.3, 0.4) is 0 Å². The molecule has 0 aliphatic heterocycles. The summed E-state index contributed by atoms with van der Waals surface area (Å²) in [6, 6.07) is 10.5. The summed E-state index contributed by atoms with van der Waals surface area (Å²) in [7, 11) is 0. The molecule has 2 heterocycles. The number of anilines is 2. The molecule has 0 bridgehead atoms. The lowest BCUT2D eigenvalue weighted by Crippen LogP contribution is -2.16. The number of aryl methyl sites for hydroxylation is 2. The lowest BCUT2D eigenvalue weighted by Gasteiger charge is -2.07. The van der Waals surface area contributed by atoms with Crippen LogP contribution in [0.5, 0.6) is 0 Å². The van der Waals surface area contributed by atoms with E-state index in [9.17, 15) is 9.59 Å². The molecule has 2 aromatic heterocycles. The van der Waals surface area contributed by atoms with E-state index in [2.05, 4.69) is 20.8 Å². The van der Waals surface area contributed by atoms with E-state index < -0.39 is 5.91 Å². The highest BCUT2D eigenvalue weighted by atomic mass is 16.5. The van der Waals surface area contributed by atoms with Gasteiger partial charge in [-0.1, -0.05) is 17.3 Å². The number of pyridine rings is 1. The molecule has 0 atom stereocenters. The molecule has 1 aromatic carbocycles. The van der Waals surface area contributed by atoms with Gasteiger partial charge < -0.3 is 15.2 Å². The van der Waals surface area contributed by atoms with Crippen molar-refractivity contribution in [3.63, 3.8) is 0 Å². The van der Waals surface area contributed by atoms with Crippen molar-refractivity contribution in [3.8, 4) is 0 Å². The summed E-state index contributed by atoms with van der Waals surface area (Å²) in [6.07, 6.45) is 2.79. The molecule has 0 aliphatic rings. The quantitative estimate of drug-likeness (QED) is 0.762. The zero-order valence-corrected chi connectivity index (χ0v) is 13.7. The van der Waals surface area contributed by atoms with Crippen molar-refractivity contribution in [3.05, 3.63) is 71.2 Å². The van der Waals surface area contributed by atoms with Crippen LogP contribution in [0.25, 0.3) is 0 Å². The average Bonchev–Trinajstić information content (AvgIpc) is 3.00. The molecule has 0 spiro atoms. The maximum Gasteiger partial charge on any atom is 0.258 e. The summed E-state index contributed by atoms with van der Waals surface area (Å²) in [5.74, 6) is 0.118. The van der Waals surface area contributed by atoms with Crippen LogP contribution >= 0.6 is 0 Å². The molecule has 7 nitrogen and oxygen atoms in total. The molecule has 0 radical (unpaired) electrons. The number of hydrogen-bond acceptors (Lipinski definition) is 5. The Morgan fingerprint density at radius 3 is 2.32 bits per heavy atom. The minimum atomic E-state index is -0.425. The fourth-order valence-electron chi connectivity index (χ4n) is 2.23. The fraction of sp³-hybridized carbons (Fsp3) is 0.111. The van der Waals surface area contributed by atoms with Gasteiger partial charge in [0, 0.05) is 24.1 Å². The second-order valence-corrected chi connectivity index (χ2v) is 5.56. The molecular weight excluding hydrogens is 320 g/mol. The van der Waals surface area contributed by atoms with E-state index in [0.717, 1.165) is 5.56 Å². The van der Waals surface area contributed by atoms with Crippen molar-refractivity contribution in [2.45, 2.75) is 13.8 Å². The van der Waals surface area contributed by atoms with Gasteiger partial charge >= 0.3 is 0 Å². The molecular formula is C18H16N4O3. The van der Waals surface area contributed by atoms with Crippen molar-refractivity contribution in [2.75, 3.05) is 10.6 Å². The van der Waals surface area contributed by atoms with Gasteiger partial charge in [-0.25, -0.2) is 0 Å². The van der Waals surface area contributed by atoms with Crippen LogP contribution in [0.15, 0.2) is 53.3 Å². The minimum Gasteiger partial charge on any atom is -0.360 e. The SMILES string of the molecule is Cc1cccc(NC(=O)c2cncc(C(=O)Nc3cc(C)on3)c2)c1. The highest BCUT2D eigenvalue weighted by Gasteiger charge is 2.13. The fourth-order valence-corrected chi connectivity index (χ4v) is 2.23. The van der Waals surface area contributed by atoms with Crippen molar-refractivity contribution in [1.82, 2.24) is 10.1 Å². The first-order valence-electron chi connectivity index (χ1n) is 7.59. The van der Waals surface area contributed by atoms with Gasteiger partial charge in [-0.05, 0) is 37.6 Å². The number of carbonyl (C=O) groups is 2. The first-order chi connectivity index (χ1) is 12.0. The Labute approximate surface area is 144 Å². The smallest absolute Gasteiger partial charge is 0.258 e. The number of nitrogens with zero attached hydrogens (tertiary/aromatic N) is 2. The largest absolute Gasteiger partial charge is 0.360 e. The molecule has 3 rings (SSSR count). The monoisotopic (exact) mass is 336 g/mol. The molecule has 0 saturated heterocycles. The van der Waals surface area contributed by atoms with E-state index in [1.54, 1.807) is 19.1 Å². The van der Waals surface area contributed by atoms with E-state index in [-0.39, 0.29) is 17.0 Å². The molecule has 25 heavy (non-hydrogen) atoms. The highest BCUT2D eigenvalue weighted by Crippen LogP contribution is 2.13. The van der Waals surface area contributed by atoms with Gasteiger partial charge in [0.1, 0.15) is 5.76 Å². The number of rotatable bonds is 4. The molecule has 0 aliphatic carbocycles. The Bertz CT molecular complexity index is 933. The van der Waals surface area contributed by atoms with Gasteiger partial charge in [0.2, 0.25) is 0 Å². The molecule has 2 amide bonds. The summed E-state index contributed by atoms with van der Waals surface area (Å²) in [5, 5.41) is 9.06. The summed E-state index contributed by atoms with van der Waals surface area (Å²) in [5.41, 5.74) is 2.24. The van der Waals surface area contributed by atoms with Crippen LogP contribution in [-0.2, 0) is 0 Å². The third-order valence-electron chi connectivity index (χ3n) is 3.41. The summed E-state index contributed by atoms with van der Waals surface area (Å²) in [6.45, 7) is 3.66. The van der Waals surface area contributed by atoms with Crippen LogP contribution in [0.2, 0.25) is 0 Å². The molecule has 2 N–H and O–H groups in total. The molecule has 0 saturated carbocycles. The number of nitrogens with one attached hydrogen (secondary N) is 2. The van der Waals surface area contributed by atoms with Gasteiger partial charge in [-0.2, -0.15) is 0 Å². The van der Waals surface area contributed by atoms with E-state index in [4.69, 9.17) is 4.52 Å². The Balaban J connectivity index is 1.74. The molecule has 126 valence electrons. The normalized spacial score (nSPS) is 10.3. The first-order valence-corrected chi connectivity index (χ1v) is 7.59. The van der Waals surface area contributed by atoms with Crippen molar-refractivity contribution < 1.29 is 14.1 Å². The van der Waals surface area contributed by atoms with E-state index >= 15 is 0 Å². The lowest BCUT2D eigenvalue weighted by molar-refractivity contribution is 0.102. The maximum absolute atomic E-state index is 12.4. The Hall–Kier alpha value is -3.48. The standard InChI is InChI=1S/C18H16N4O3/c1-11-4-3-5-15(6-11)20-17(23)13-8-14(10-19-9-13)18(24)21-16-7-12(2)25-22-16/h3-10H,1-2H3,(H,20,23)(H,21,22,24). The predicted molar refractivity (Wildman–Crippen MR) is 92.6 cm³/mol. The summed E-state index contributed by atoms with van der Waals surface area (Å²) >= 11 is 0. The second kappa shape index (κ2) is 6.96. The third-order valence-corrected chi connectivity index (χ3v) is 3.41. The van der Waals surface area contributed by atoms with Crippen molar-refractivity contribution in [1.29, 1.82) is 0 Å². The predicted octanol–water partition coefficient (Wildman–Crippen LogP) is 3.19. The zero-order chi connectivity index (χ0) is 17.8. The Morgan fingerprint density at radius 1 is 0.960 bits per heavy atom. The zero-order valence-electron chi connectivity index (χ0n) is 13.7. The van der Waals surface area contributed by atoms with Crippen LogP contribution in [0.4, 0.5) is 11.5 Å². The number of carbonyl (C=O) groups excluding carboxylic acids is 2. The van der Waals surface area contributed by atoms with Gasteiger partial charge in [0.25, 0.3) is 11.8 Å². The third kappa shape index (κ3) is 4.08. The van der Waals surface area contributed by atoms with Crippen molar-refractivity contribution in [2.24, 2.45) is 0 Å². The van der Waals surface area contributed by atoms with E-state index in [1.807, 2.05) is 25.1 Å². The van der Waals surface area contributed by atoms with Gasteiger partial charge in [0.15, 0.2) is 5.82 Å². The molecule has 3 aromatic rings. The number of amides is 2. The van der Waals surface area contributed by atoms with Crippen LogP contribution in [0.1, 0.15) is 32.0 Å². The highest BCUT2D eigenvalue weighted by molar-refractivity contribution is 6.08. The van der Waals surface area contributed by atoms with Gasteiger partial charge in [-0.3, -0.25) is 14.6 Å². The van der Waals surface area contributed by atoms with Crippen LogP contribution in [0, 0.1) is 13.8 Å². The summed E-state index contributed by atoms with van der Waals surface area (Å²) in [4.78, 5) is 28.6. The molecule has 0 unspecified atom stereocenters. The second-order valence-electron chi connectivity index (χ2n) is 5.56. The lowest BCUT2D eigenvalue weighted by atomic mass is 10.1. The number of hydrogen-bond donors (Lipinski definition) is 2.